The summed E-state index contributed by atoms with van der Waals surface area (Å²) in [7, 11) is 0. The van der Waals surface area contributed by atoms with Crippen molar-refractivity contribution in [1.82, 2.24) is 5.32 Å². The van der Waals surface area contributed by atoms with Gasteiger partial charge >= 0.3 is 6.36 Å². The van der Waals surface area contributed by atoms with Gasteiger partial charge in [0.05, 0.1) is 0 Å². The fraction of sp³-hybridized carbons (Fsp3) is 0.364. The number of halogens is 3. The first-order valence-corrected chi connectivity index (χ1v) is 5.60. The molecule has 1 aromatic carbocycles. The summed E-state index contributed by atoms with van der Waals surface area (Å²) >= 11 is 4.98. The lowest BCUT2D eigenvalue weighted by Crippen LogP contribution is -2.33. The van der Waals surface area contributed by atoms with Gasteiger partial charge < -0.3 is 15.4 Å². The minimum absolute atomic E-state index is 0.139. The van der Waals surface area contributed by atoms with E-state index in [0.717, 1.165) is 0 Å². The third-order valence-electron chi connectivity index (χ3n) is 1.75. The molecular weight excluding hydrogens is 265 g/mol. The van der Waals surface area contributed by atoms with Crippen molar-refractivity contribution in [3.63, 3.8) is 0 Å². The fourth-order valence-electron chi connectivity index (χ4n) is 1.20. The smallest absolute Gasteiger partial charge is 0.406 e. The van der Waals surface area contributed by atoms with Crippen LogP contribution in [0.25, 0.3) is 0 Å². The summed E-state index contributed by atoms with van der Waals surface area (Å²) in [6.07, 6.45) is -4.70. The van der Waals surface area contributed by atoms with Crippen molar-refractivity contribution in [3.05, 3.63) is 24.3 Å². The SMILES string of the molecule is CC(C)NC(=S)Nc1cccc(OC(F)(F)F)c1. The van der Waals surface area contributed by atoms with Gasteiger partial charge in [-0.25, -0.2) is 0 Å². The van der Waals surface area contributed by atoms with Gasteiger partial charge in [-0.1, -0.05) is 6.07 Å². The lowest BCUT2D eigenvalue weighted by molar-refractivity contribution is -0.274. The number of nitrogens with one attached hydrogen (secondary N) is 2. The molecule has 0 unspecified atom stereocenters. The van der Waals surface area contributed by atoms with Crippen molar-refractivity contribution in [2.45, 2.75) is 26.3 Å². The Kier molecular flexibility index (Phi) is 4.77. The Labute approximate surface area is 108 Å². The van der Waals surface area contributed by atoms with Crippen LogP contribution >= 0.6 is 12.2 Å². The highest BCUT2D eigenvalue weighted by atomic mass is 32.1. The predicted molar refractivity (Wildman–Crippen MR) is 67.6 cm³/mol. The van der Waals surface area contributed by atoms with Crippen LogP contribution in [0, 0.1) is 0 Å². The number of hydrogen-bond donors (Lipinski definition) is 2. The summed E-state index contributed by atoms with van der Waals surface area (Å²) in [5.41, 5.74) is 0.426. The first kappa shape index (κ1) is 14.6. The average Bonchev–Trinajstić information content (AvgIpc) is 2.13. The second-order valence-corrected chi connectivity index (χ2v) is 4.24. The van der Waals surface area contributed by atoms with E-state index in [0.29, 0.717) is 10.8 Å². The molecule has 2 N–H and O–H groups in total. The van der Waals surface area contributed by atoms with E-state index in [4.69, 9.17) is 12.2 Å². The molecule has 0 bridgehead atoms. The highest BCUT2D eigenvalue weighted by Crippen LogP contribution is 2.24. The molecule has 7 heteroatoms. The largest absolute Gasteiger partial charge is 0.573 e. The van der Waals surface area contributed by atoms with Crippen molar-refractivity contribution in [2.75, 3.05) is 5.32 Å². The normalized spacial score (nSPS) is 11.2. The number of ether oxygens (including phenoxy) is 1. The zero-order valence-electron chi connectivity index (χ0n) is 9.84. The third kappa shape index (κ3) is 5.72. The fourth-order valence-corrected chi connectivity index (χ4v) is 1.55. The van der Waals surface area contributed by atoms with Crippen LogP contribution in [-0.2, 0) is 0 Å². The quantitative estimate of drug-likeness (QED) is 0.831. The van der Waals surface area contributed by atoms with Gasteiger partial charge in [-0.3, -0.25) is 0 Å². The Morgan fingerprint density at radius 1 is 1.33 bits per heavy atom. The minimum atomic E-state index is -4.70. The molecular formula is C11H13F3N2OS. The molecule has 0 spiro atoms. The summed E-state index contributed by atoms with van der Waals surface area (Å²) in [6, 6.07) is 5.62. The number of benzene rings is 1. The molecule has 100 valence electrons. The number of anilines is 1. The van der Waals surface area contributed by atoms with Crippen LogP contribution < -0.4 is 15.4 Å². The van der Waals surface area contributed by atoms with E-state index in [2.05, 4.69) is 15.4 Å². The summed E-state index contributed by atoms with van der Waals surface area (Å²) in [5.74, 6) is -0.292. The van der Waals surface area contributed by atoms with Crippen molar-refractivity contribution < 1.29 is 17.9 Å². The standard InChI is InChI=1S/C11H13F3N2OS/c1-7(2)15-10(18)16-8-4-3-5-9(6-8)17-11(12,13)14/h3-7H,1-2H3,(H2,15,16,18). The molecule has 0 atom stereocenters. The molecule has 0 fully saturated rings. The van der Waals surface area contributed by atoms with Gasteiger partial charge in [0.15, 0.2) is 5.11 Å². The summed E-state index contributed by atoms with van der Waals surface area (Å²) in [6.45, 7) is 3.80. The van der Waals surface area contributed by atoms with E-state index >= 15 is 0 Å². The molecule has 0 aliphatic heterocycles. The van der Waals surface area contributed by atoms with E-state index in [1.807, 2.05) is 13.8 Å². The van der Waals surface area contributed by atoms with Crippen LogP contribution in [0.4, 0.5) is 18.9 Å². The van der Waals surface area contributed by atoms with Gasteiger partial charge in [-0.15, -0.1) is 13.2 Å². The molecule has 0 saturated heterocycles. The number of thiocarbonyl (C=S) groups is 1. The second kappa shape index (κ2) is 5.90. The van der Waals surface area contributed by atoms with Crippen molar-refractivity contribution in [1.29, 1.82) is 0 Å². The maximum Gasteiger partial charge on any atom is 0.573 e. The maximum atomic E-state index is 12.0. The zero-order chi connectivity index (χ0) is 13.8. The Bertz CT molecular complexity index is 421. The Balaban J connectivity index is 2.68. The van der Waals surface area contributed by atoms with Crippen LogP contribution in [-0.4, -0.2) is 17.5 Å². The van der Waals surface area contributed by atoms with Gasteiger partial charge in [0, 0.05) is 17.8 Å². The van der Waals surface area contributed by atoms with Gasteiger partial charge in [0.25, 0.3) is 0 Å². The molecule has 0 amide bonds. The van der Waals surface area contributed by atoms with Crippen molar-refractivity contribution in [2.24, 2.45) is 0 Å². The Hall–Kier alpha value is -1.50. The first-order chi connectivity index (χ1) is 8.26. The zero-order valence-corrected chi connectivity index (χ0v) is 10.7. The molecule has 18 heavy (non-hydrogen) atoms. The molecule has 1 aromatic rings. The highest BCUT2D eigenvalue weighted by Gasteiger charge is 2.31. The van der Waals surface area contributed by atoms with Crippen LogP contribution in [0.3, 0.4) is 0 Å². The highest BCUT2D eigenvalue weighted by molar-refractivity contribution is 7.80. The minimum Gasteiger partial charge on any atom is -0.406 e. The van der Waals surface area contributed by atoms with Crippen LogP contribution in [0.2, 0.25) is 0 Å². The second-order valence-electron chi connectivity index (χ2n) is 3.83. The summed E-state index contributed by atoms with van der Waals surface area (Å²) in [5, 5.41) is 6.03. The lowest BCUT2D eigenvalue weighted by atomic mass is 10.3. The molecule has 0 aromatic heterocycles. The predicted octanol–water partition coefficient (Wildman–Crippen LogP) is 3.28. The molecule has 0 aliphatic carbocycles. The van der Waals surface area contributed by atoms with Gasteiger partial charge in [0.1, 0.15) is 5.75 Å². The molecule has 0 heterocycles. The number of hydrogen-bond acceptors (Lipinski definition) is 2. The average molecular weight is 278 g/mol. The summed E-state index contributed by atoms with van der Waals surface area (Å²) in [4.78, 5) is 0. The van der Waals surface area contributed by atoms with E-state index in [1.54, 1.807) is 6.07 Å². The third-order valence-corrected chi connectivity index (χ3v) is 1.97. The van der Waals surface area contributed by atoms with Gasteiger partial charge in [-0.2, -0.15) is 0 Å². The molecule has 3 nitrogen and oxygen atoms in total. The van der Waals surface area contributed by atoms with E-state index in [9.17, 15) is 13.2 Å². The van der Waals surface area contributed by atoms with Crippen LogP contribution in [0.5, 0.6) is 5.75 Å². The molecule has 0 saturated carbocycles. The van der Waals surface area contributed by atoms with E-state index in [-0.39, 0.29) is 11.8 Å². The Morgan fingerprint density at radius 2 is 2.00 bits per heavy atom. The summed E-state index contributed by atoms with van der Waals surface area (Å²) < 4.78 is 39.9. The number of alkyl halides is 3. The molecule has 0 aliphatic rings. The van der Waals surface area contributed by atoms with Gasteiger partial charge in [-0.05, 0) is 38.2 Å². The van der Waals surface area contributed by atoms with E-state index in [1.165, 1.54) is 18.2 Å². The first-order valence-electron chi connectivity index (χ1n) is 5.19. The van der Waals surface area contributed by atoms with E-state index < -0.39 is 6.36 Å². The van der Waals surface area contributed by atoms with Crippen LogP contribution in [0.15, 0.2) is 24.3 Å². The van der Waals surface area contributed by atoms with Gasteiger partial charge in [0.2, 0.25) is 0 Å². The Morgan fingerprint density at radius 3 is 2.56 bits per heavy atom. The number of rotatable bonds is 3. The molecule has 0 radical (unpaired) electrons. The maximum absolute atomic E-state index is 12.0. The monoisotopic (exact) mass is 278 g/mol. The van der Waals surface area contributed by atoms with Crippen molar-refractivity contribution in [3.8, 4) is 5.75 Å². The lowest BCUT2D eigenvalue weighted by Gasteiger charge is -2.14. The molecule has 1 rings (SSSR count). The van der Waals surface area contributed by atoms with Crippen LogP contribution in [0.1, 0.15) is 13.8 Å². The topological polar surface area (TPSA) is 33.3 Å². The van der Waals surface area contributed by atoms with Crippen molar-refractivity contribution >= 4 is 23.0 Å².